The number of anilines is 3. The van der Waals surface area contributed by atoms with E-state index in [-0.39, 0.29) is 5.41 Å². The van der Waals surface area contributed by atoms with Gasteiger partial charge in [-0.2, -0.15) is 0 Å². The third-order valence-corrected chi connectivity index (χ3v) is 11.4. The van der Waals surface area contributed by atoms with Gasteiger partial charge in [-0.1, -0.05) is 172 Å². The lowest BCUT2D eigenvalue weighted by Gasteiger charge is -2.30. The second-order valence-corrected chi connectivity index (χ2v) is 14.9. The third kappa shape index (κ3) is 5.24. The summed E-state index contributed by atoms with van der Waals surface area (Å²) in [5, 5.41) is 4.91. The van der Waals surface area contributed by atoms with E-state index in [1.807, 2.05) is 0 Å². The van der Waals surface area contributed by atoms with Crippen molar-refractivity contribution in [2.75, 3.05) is 4.90 Å². The topological polar surface area (TPSA) is 3.24 Å². The first-order valence-electron chi connectivity index (χ1n) is 18.8. The van der Waals surface area contributed by atoms with E-state index in [9.17, 15) is 0 Å². The monoisotopic (exact) mass is 689 g/mol. The van der Waals surface area contributed by atoms with E-state index in [2.05, 4.69) is 219 Å². The Morgan fingerprint density at radius 1 is 0.333 bits per heavy atom. The third-order valence-electron chi connectivity index (χ3n) is 11.4. The van der Waals surface area contributed by atoms with Gasteiger partial charge < -0.3 is 4.90 Å². The average Bonchev–Trinajstić information content (AvgIpc) is 3.46. The Bertz CT molecular complexity index is 2850. The Labute approximate surface area is 317 Å². The van der Waals surface area contributed by atoms with Crippen molar-refractivity contribution in [3.05, 3.63) is 211 Å². The first kappa shape index (κ1) is 32.0. The van der Waals surface area contributed by atoms with Gasteiger partial charge in [-0.3, -0.25) is 0 Å². The molecular weight excluding hydrogens is 651 g/mol. The van der Waals surface area contributed by atoms with Crippen molar-refractivity contribution in [1.82, 2.24) is 0 Å². The predicted molar refractivity (Wildman–Crippen MR) is 230 cm³/mol. The Hall–Kier alpha value is -6.70. The van der Waals surface area contributed by atoms with Crippen LogP contribution >= 0.6 is 0 Å². The van der Waals surface area contributed by atoms with Crippen molar-refractivity contribution >= 4 is 38.6 Å². The maximum atomic E-state index is 2.48. The fraction of sp³-hybridized carbons (Fsp3) is 0.0566. The molecule has 9 aromatic rings. The summed E-state index contributed by atoms with van der Waals surface area (Å²) in [6.45, 7) is 4.76. The van der Waals surface area contributed by atoms with Crippen LogP contribution in [0.4, 0.5) is 17.1 Å². The largest absolute Gasteiger partial charge is 0.310 e. The average molecular weight is 690 g/mol. The van der Waals surface area contributed by atoms with Crippen LogP contribution in [-0.4, -0.2) is 0 Å². The van der Waals surface area contributed by atoms with Crippen molar-refractivity contribution in [2.24, 2.45) is 0 Å². The SMILES string of the molecule is CC1(C)c2cc(N(c3ccc4ccccc4c3)c3ccccc3-c3cc4ccccc4cc3-c3ccccc3)ccc2-c2c(-c3ccccc3)cccc21. The summed E-state index contributed by atoms with van der Waals surface area (Å²) in [5.74, 6) is 0. The van der Waals surface area contributed by atoms with Crippen molar-refractivity contribution < 1.29 is 0 Å². The van der Waals surface area contributed by atoms with Gasteiger partial charge in [-0.25, -0.2) is 0 Å². The molecule has 0 radical (unpaired) electrons. The van der Waals surface area contributed by atoms with E-state index in [0.29, 0.717) is 0 Å². The standard InChI is InChI=1S/C53H39N/c1-53(2)49-26-15-25-44(37-17-5-3-6-18-37)52(49)46-31-30-43(35-50(46)53)54(42-29-28-36-16-9-10-21-39(36)32-42)51-27-14-13-24-45(51)48-34-41-23-12-11-22-40(41)33-47(48)38-19-7-4-8-20-38/h3-35H,1-2H3. The molecule has 9 aromatic carbocycles. The molecule has 0 aromatic heterocycles. The fourth-order valence-corrected chi connectivity index (χ4v) is 8.73. The van der Waals surface area contributed by atoms with Crippen LogP contribution < -0.4 is 4.90 Å². The molecule has 0 bridgehead atoms. The zero-order chi connectivity index (χ0) is 36.2. The minimum absolute atomic E-state index is 0.182. The molecule has 256 valence electrons. The summed E-state index contributed by atoms with van der Waals surface area (Å²) in [6.07, 6.45) is 0. The van der Waals surface area contributed by atoms with Crippen LogP contribution in [0, 0.1) is 0 Å². The lowest BCUT2D eigenvalue weighted by Crippen LogP contribution is -2.17. The Morgan fingerprint density at radius 3 is 1.59 bits per heavy atom. The van der Waals surface area contributed by atoms with E-state index < -0.39 is 0 Å². The molecule has 0 unspecified atom stereocenters. The van der Waals surface area contributed by atoms with E-state index in [1.165, 1.54) is 77.2 Å². The number of benzene rings is 9. The second kappa shape index (κ2) is 12.8. The molecule has 0 fully saturated rings. The summed E-state index contributed by atoms with van der Waals surface area (Å²) in [4.78, 5) is 2.48. The minimum atomic E-state index is -0.182. The summed E-state index contributed by atoms with van der Waals surface area (Å²) in [7, 11) is 0. The zero-order valence-corrected chi connectivity index (χ0v) is 30.5. The zero-order valence-electron chi connectivity index (χ0n) is 30.5. The number of rotatable bonds is 6. The molecule has 0 amide bonds. The number of nitrogens with zero attached hydrogens (tertiary/aromatic N) is 1. The Kier molecular flexibility index (Phi) is 7.56. The van der Waals surface area contributed by atoms with E-state index in [4.69, 9.17) is 0 Å². The molecule has 0 N–H and O–H groups in total. The fourth-order valence-electron chi connectivity index (χ4n) is 8.73. The first-order chi connectivity index (χ1) is 26.5. The highest BCUT2D eigenvalue weighted by molar-refractivity contribution is 6.02. The number of fused-ring (bicyclic) bond motifs is 5. The van der Waals surface area contributed by atoms with Gasteiger partial charge in [0.2, 0.25) is 0 Å². The summed E-state index contributed by atoms with van der Waals surface area (Å²) < 4.78 is 0. The molecule has 0 atom stereocenters. The van der Waals surface area contributed by atoms with Gasteiger partial charge in [0, 0.05) is 22.4 Å². The number of hydrogen-bond acceptors (Lipinski definition) is 1. The van der Waals surface area contributed by atoms with Gasteiger partial charge in [-0.15, -0.1) is 0 Å². The molecule has 1 aliphatic rings. The Balaban J connectivity index is 1.22. The molecule has 1 aliphatic carbocycles. The van der Waals surface area contributed by atoms with Crippen LogP contribution in [0.15, 0.2) is 200 Å². The van der Waals surface area contributed by atoms with Crippen molar-refractivity contribution in [3.63, 3.8) is 0 Å². The number of para-hydroxylation sites is 1. The molecule has 0 spiro atoms. The molecule has 1 heteroatoms. The van der Waals surface area contributed by atoms with E-state index in [0.717, 1.165) is 17.1 Å². The van der Waals surface area contributed by atoms with Crippen LogP contribution in [-0.2, 0) is 5.41 Å². The highest BCUT2D eigenvalue weighted by Crippen LogP contribution is 2.54. The van der Waals surface area contributed by atoms with Crippen LogP contribution in [0.5, 0.6) is 0 Å². The highest BCUT2D eigenvalue weighted by Gasteiger charge is 2.37. The van der Waals surface area contributed by atoms with Gasteiger partial charge in [0.15, 0.2) is 0 Å². The molecule has 0 aliphatic heterocycles. The molecule has 54 heavy (non-hydrogen) atoms. The van der Waals surface area contributed by atoms with Crippen molar-refractivity contribution in [1.29, 1.82) is 0 Å². The first-order valence-corrected chi connectivity index (χ1v) is 18.8. The molecule has 1 nitrogen and oxygen atoms in total. The maximum absolute atomic E-state index is 2.48. The van der Waals surface area contributed by atoms with E-state index in [1.54, 1.807) is 0 Å². The maximum Gasteiger partial charge on any atom is 0.0540 e. The van der Waals surface area contributed by atoms with Gasteiger partial charge in [0.05, 0.1) is 5.69 Å². The molecule has 0 saturated carbocycles. The second-order valence-electron chi connectivity index (χ2n) is 14.9. The van der Waals surface area contributed by atoms with Crippen molar-refractivity contribution in [2.45, 2.75) is 19.3 Å². The highest BCUT2D eigenvalue weighted by atomic mass is 15.1. The van der Waals surface area contributed by atoms with Crippen LogP contribution in [0.1, 0.15) is 25.0 Å². The quantitative estimate of drug-likeness (QED) is 0.168. The summed E-state index contributed by atoms with van der Waals surface area (Å²) in [6, 6.07) is 73.5. The van der Waals surface area contributed by atoms with E-state index >= 15 is 0 Å². The molecular formula is C53H39N. The van der Waals surface area contributed by atoms with Crippen LogP contribution in [0.3, 0.4) is 0 Å². The summed E-state index contributed by atoms with van der Waals surface area (Å²) in [5.41, 5.74) is 16.0. The smallest absolute Gasteiger partial charge is 0.0540 e. The van der Waals surface area contributed by atoms with Gasteiger partial charge in [0.25, 0.3) is 0 Å². The normalized spacial score (nSPS) is 12.8. The lowest BCUT2D eigenvalue weighted by atomic mass is 9.81. The van der Waals surface area contributed by atoms with Crippen molar-refractivity contribution in [3.8, 4) is 44.5 Å². The van der Waals surface area contributed by atoms with Gasteiger partial charge in [-0.05, 0) is 114 Å². The Morgan fingerprint density at radius 2 is 0.870 bits per heavy atom. The minimum Gasteiger partial charge on any atom is -0.310 e. The lowest BCUT2D eigenvalue weighted by molar-refractivity contribution is 0.660. The van der Waals surface area contributed by atoms with Gasteiger partial charge in [0.1, 0.15) is 0 Å². The van der Waals surface area contributed by atoms with Crippen LogP contribution in [0.25, 0.3) is 66.1 Å². The molecule has 10 rings (SSSR count). The van der Waals surface area contributed by atoms with Crippen LogP contribution in [0.2, 0.25) is 0 Å². The molecule has 0 heterocycles. The van der Waals surface area contributed by atoms with Gasteiger partial charge >= 0.3 is 0 Å². The predicted octanol–water partition coefficient (Wildman–Crippen LogP) is 14.8. The number of hydrogen-bond donors (Lipinski definition) is 0. The molecule has 0 saturated heterocycles. The summed E-state index contributed by atoms with van der Waals surface area (Å²) >= 11 is 0.